The Kier molecular flexibility index (Phi) is 3.59. The lowest BCUT2D eigenvalue weighted by molar-refractivity contribution is -0.130. The van der Waals surface area contributed by atoms with Gasteiger partial charge in [0.2, 0.25) is 5.76 Å². The summed E-state index contributed by atoms with van der Waals surface area (Å²) < 4.78 is 10.7. The van der Waals surface area contributed by atoms with Crippen LogP contribution in [-0.2, 0) is 9.53 Å². The lowest BCUT2D eigenvalue weighted by Crippen LogP contribution is -2.60. The molecule has 1 amide bonds. The molecule has 26 heavy (non-hydrogen) atoms. The molecule has 4 bridgehead atoms. The van der Waals surface area contributed by atoms with Crippen LogP contribution in [0.3, 0.4) is 0 Å². The van der Waals surface area contributed by atoms with E-state index in [1.54, 1.807) is 12.1 Å². The number of nitrogens with one attached hydrogen (secondary N) is 1. The quantitative estimate of drug-likeness (QED) is 0.852. The number of fused-ring (bicyclic) bond motifs is 1. The molecule has 0 unspecified atom stereocenters. The molecule has 4 saturated carbocycles. The van der Waals surface area contributed by atoms with Gasteiger partial charge in [-0.25, -0.2) is 4.79 Å². The maximum atomic E-state index is 12.4. The molecule has 6 rings (SSSR count). The predicted molar refractivity (Wildman–Crippen MR) is 95.5 cm³/mol. The van der Waals surface area contributed by atoms with E-state index in [9.17, 15) is 9.59 Å². The first-order chi connectivity index (χ1) is 12.6. The Labute approximate surface area is 152 Å². The number of hydrogen-bond donors (Lipinski definition) is 1. The molecule has 1 aromatic heterocycles. The second-order valence-electron chi connectivity index (χ2n) is 8.47. The summed E-state index contributed by atoms with van der Waals surface area (Å²) in [4.78, 5) is 24.6. The first-order valence-electron chi connectivity index (χ1n) is 9.55. The molecule has 4 aliphatic rings. The van der Waals surface area contributed by atoms with Crippen molar-refractivity contribution in [3.05, 3.63) is 36.1 Å². The summed E-state index contributed by atoms with van der Waals surface area (Å²) >= 11 is 0. The second-order valence-corrected chi connectivity index (χ2v) is 8.47. The Balaban J connectivity index is 1.20. The Morgan fingerprint density at radius 3 is 2.38 bits per heavy atom. The van der Waals surface area contributed by atoms with Crippen molar-refractivity contribution in [2.45, 2.75) is 44.1 Å². The number of esters is 1. The highest BCUT2D eigenvalue weighted by Gasteiger charge is 2.51. The average Bonchev–Trinajstić information content (AvgIpc) is 3.02. The molecule has 0 radical (unpaired) electrons. The van der Waals surface area contributed by atoms with Crippen molar-refractivity contribution in [2.24, 2.45) is 17.8 Å². The highest BCUT2D eigenvalue weighted by molar-refractivity contribution is 5.93. The zero-order valence-electron chi connectivity index (χ0n) is 14.7. The van der Waals surface area contributed by atoms with E-state index >= 15 is 0 Å². The summed E-state index contributed by atoms with van der Waals surface area (Å²) in [5.74, 6) is 1.63. The zero-order chi connectivity index (χ0) is 17.7. The van der Waals surface area contributed by atoms with Gasteiger partial charge in [0, 0.05) is 10.9 Å². The van der Waals surface area contributed by atoms with Crippen molar-refractivity contribution in [3.63, 3.8) is 0 Å². The lowest BCUT2D eigenvalue weighted by Gasteiger charge is -2.56. The molecule has 1 aromatic carbocycles. The number of para-hydroxylation sites is 1. The molecule has 4 aliphatic carbocycles. The van der Waals surface area contributed by atoms with Crippen LogP contribution in [0, 0.1) is 17.8 Å². The molecule has 4 fully saturated rings. The minimum atomic E-state index is -0.595. The number of hydrogen-bond acceptors (Lipinski definition) is 4. The van der Waals surface area contributed by atoms with Crippen LogP contribution in [0.1, 0.15) is 49.1 Å². The first kappa shape index (κ1) is 15.9. The smallest absolute Gasteiger partial charge is 0.374 e. The van der Waals surface area contributed by atoms with Gasteiger partial charge in [0.25, 0.3) is 5.91 Å². The molecular formula is C21H23NO4. The van der Waals surface area contributed by atoms with Crippen LogP contribution in [0.4, 0.5) is 0 Å². The molecule has 0 aliphatic heterocycles. The normalized spacial score (nSPS) is 31.9. The lowest BCUT2D eigenvalue weighted by atomic mass is 9.53. The molecule has 1 heterocycles. The summed E-state index contributed by atoms with van der Waals surface area (Å²) in [7, 11) is 0. The molecule has 0 saturated heterocycles. The maximum absolute atomic E-state index is 12.4. The van der Waals surface area contributed by atoms with Crippen molar-refractivity contribution < 1.29 is 18.7 Å². The Hall–Kier alpha value is -2.30. The number of carbonyl (C=O) groups is 2. The molecule has 5 heteroatoms. The minimum absolute atomic E-state index is 0.0579. The van der Waals surface area contributed by atoms with Gasteiger partial charge in [-0.15, -0.1) is 0 Å². The van der Waals surface area contributed by atoms with Crippen molar-refractivity contribution >= 4 is 22.8 Å². The van der Waals surface area contributed by atoms with E-state index in [0.717, 1.165) is 42.4 Å². The summed E-state index contributed by atoms with van der Waals surface area (Å²) in [6.07, 6.45) is 7.25. The standard InChI is InChI=1S/C21H23NO4/c23-19(22-21-9-13-5-14(10-21)7-15(6-13)11-21)12-25-20(24)18-8-16-3-1-2-4-17(16)26-18/h1-4,8,13-15H,5-7,9-12H2,(H,22,23). The summed E-state index contributed by atoms with van der Waals surface area (Å²) in [6.45, 7) is -0.252. The first-order valence-corrected chi connectivity index (χ1v) is 9.55. The van der Waals surface area contributed by atoms with Gasteiger partial charge in [-0.2, -0.15) is 0 Å². The number of furan rings is 1. The van der Waals surface area contributed by atoms with Crippen LogP contribution < -0.4 is 5.32 Å². The molecular weight excluding hydrogens is 330 g/mol. The monoisotopic (exact) mass is 353 g/mol. The minimum Gasteiger partial charge on any atom is -0.450 e. The van der Waals surface area contributed by atoms with Crippen LogP contribution >= 0.6 is 0 Å². The van der Waals surface area contributed by atoms with Crippen molar-refractivity contribution in [3.8, 4) is 0 Å². The van der Waals surface area contributed by atoms with Gasteiger partial charge in [0.05, 0.1) is 0 Å². The molecule has 0 atom stereocenters. The molecule has 0 spiro atoms. The van der Waals surface area contributed by atoms with E-state index in [2.05, 4.69) is 5.32 Å². The van der Waals surface area contributed by atoms with Crippen LogP contribution in [0.5, 0.6) is 0 Å². The second kappa shape index (κ2) is 5.86. The van der Waals surface area contributed by atoms with Gasteiger partial charge < -0.3 is 14.5 Å². The maximum Gasteiger partial charge on any atom is 0.374 e. The topological polar surface area (TPSA) is 68.5 Å². The summed E-state index contributed by atoms with van der Waals surface area (Å²) in [5, 5.41) is 4.06. The van der Waals surface area contributed by atoms with Gasteiger partial charge in [0.15, 0.2) is 6.61 Å². The fourth-order valence-electron chi connectivity index (χ4n) is 5.88. The van der Waals surface area contributed by atoms with Gasteiger partial charge in [-0.3, -0.25) is 4.79 Å². The number of rotatable bonds is 4. The fourth-order valence-corrected chi connectivity index (χ4v) is 5.88. The van der Waals surface area contributed by atoms with Gasteiger partial charge >= 0.3 is 5.97 Å². The van der Waals surface area contributed by atoms with Gasteiger partial charge in [0.1, 0.15) is 5.58 Å². The summed E-state index contributed by atoms with van der Waals surface area (Å²) in [6, 6.07) is 9.04. The van der Waals surface area contributed by atoms with Crippen LogP contribution in [0.15, 0.2) is 34.7 Å². The van der Waals surface area contributed by atoms with Gasteiger partial charge in [-0.1, -0.05) is 18.2 Å². The predicted octanol–water partition coefficient (Wildman–Crippen LogP) is 3.67. The molecule has 5 nitrogen and oxygen atoms in total. The van der Waals surface area contributed by atoms with Crippen molar-refractivity contribution in [1.29, 1.82) is 0 Å². The van der Waals surface area contributed by atoms with E-state index in [0.29, 0.717) is 5.58 Å². The Morgan fingerprint density at radius 2 is 1.73 bits per heavy atom. The van der Waals surface area contributed by atoms with E-state index in [4.69, 9.17) is 9.15 Å². The van der Waals surface area contributed by atoms with Crippen molar-refractivity contribution in [2.75, 3.05) is 6.61 Å². The number of benzene rings is 1. The Bertz CT molecular complexity index is 799. The third kappa shape index (κ3) is 2.79. The number of carbonyl (C=O) groups excluding carboxylic acids is 2. The molecule has 1 N–H and O–H groups in total. The van der Waals surface area contributed by atoms with E-state index in [1.807, 2.05) is 18.2 Å². The molecule has 136 valence electrons. The highest BCUT2D eigenvalue weighted by atomic mass is 16.5. The van der Waals surface area contributed by atoms with E-state index in [1.165, 1.54) is 19.3 Å². The third-order valence-electron chi connectivity index (χ3n) is 6.40. The average molecular weight is 353 g/mol. The van der Waals surface area contributed by atoms with E-state index < -0.39 is 5.97 Å². The largest absolute Gasteiger partial charge is 0.450 e. The van der Waals surface area contributed by atoms with E-state index in [-0.39, 0.29) is 23.8 Å². The van der Waals surface area contributed by atoms with Crippen LogP contribution in [0.2, 0.25) is 0 Å². The van der Waals surface area contributed by atoms with Crippen LogP contribution in [0.25, 0.3) is 11.0 Å². The van der Waals surface area contributed by atoms with Crippen molar-refractivity contribution in [1.82, 2.24) is 5.32 Å². The third-order valence-corrected chi connectivity index (χ3v) is 6.40. The number of ether oxygens (including phenoxy) is 1. The Morgan fingerprint density at radius 1 is 1.08 bits per heavy atom. The zero-order valence-corrected chi connectivity index (χ0v) is 14.7. The molecule has 2 aromatic rings. The fraction of sp³-hybridized carbons (Fsp3) is 0.524. The summed E-state index contributed by atoms with van der Waals surface area (Å²) in [5.41, 5.74) is 0.579. The van der Waals surface area contributed by atoms with Crippen LogP contribution in [-0.4, -0.2) is 24.0 Å². The van der Waals surface area contributed by atoms with Gasteiger partial charge in [-0.05, 0) is 68.4 Å². The number of amides is 1. The highest BCUT2D eigenvalue weighted by Crippen LogP contribution is 2.55. The SMILES string of the molecule is O=C(COC(=O)c1cc2ccccc2o1)NC12CC3CC(CC(C3)C1)C2.